The summed E-state index contributed by atoms with van der Waals surface area (Å²) < 4.78 is 0. The number of nitrogens with zero attached hydrogens (tertiary/aromatic N) is 1. The molecule has 4 aromatic rings. The summed E-state index contributed by atoms with van der Waals surface area (Å²) in [4.78, 5) is 29.3. The lowest BCUT2D eigenvalue weighted by Gasteiger charge is -2.40. The van der Waals surface area contributed by atoms with Gasteiger partial charge in [-0.1, -0.05) is 103 Å². The topological polar surface area (TPSA) is 61.4 Å². The Morgan fingerprint density at radius 1 is 0.657 bits per heavy atom. The van der Waals surface area contributed by atoms with E-state index in [0.29, 0.717) is 11.3 Å². The van der Waals surface area contributed by atoms with E-state index in [0.717, 1.165) is 28.1 Å². The highest BCUT2D eigenvalue weighted by Crippen LogP contribution is 2.49. The van der Waals surface area contributed by atoms with Crippen LogP contribution in [-0.4, -0.2) is 16.6 Å². The number of Topliss-reactive ketones (excluding diaryl/α,β-unsaturated/α-hetero) is 1. The Bertz CT molecular complexity index is 1450. The first-order valence-corrected chi connectivity index (χ1v) is 11.6. The predicted octanol–water partition coefficient (Wildman–Crippen LogP) is 5.40. The monoisotopic (exact) mass is 457 g/mol. The Labute approximate surface area is 203 Å². The number of benzene rings is 4. The van der Waals surface area contributed by atoms with Crippen molar-refractivity contribution in [2.75, 3.05) is 10.6 Å². The van der Waals surface area contributed by atoms with Gasteiger partial charge in [0.2, 0.25) is 0 Å². The van der Waals surface area contributed by atoms with Crippen LogP contribution in [0, 0.1) is 0 Å². The van der Waals surface area contributed by atoms with Gasteiger partial charge in [0.25, 0.3) is 11.7 Å². The van der Waals surface area contributed by atoms with Crippen LogP contribution in [0.25, 0.3) is 5.70 Å². The second-order valence-electron chi connectivity index (χ2n) is 8.69. The normalized spacial score (nSPS) is 18.9. The molecule has 170 valence electrons. The Hall–Kier alpha value is -4.64. The number of ketones is 1. The minimum Gasteiger partial charge on any atom is -0.353 e. The van der Waals surface area contributed by atoms with Gasteiger partial charge < -0.3 is 15.5 Å². The maximum Gasteiger partial charge on any atom is 0.297 e. The number of amides is 1. The third-order valence-corrected chi connectivity index (χ3v) is 6.62. The summed E-state index contributed by atoms with van der Waals surface area (Å²) in [7, 11) is 0. The molecule has 0 saturated carbocycles. The van der Waals surface area contributed by atoms with Crippen molar-refractivity contribution in [2.24, 2.45) is 0 Å². The summed E-state index contributed by atoms with van der Waals surface area (Å²) in [6, 6.07) is 37.0. The molecule has 35 heavy (non-hydrogen) atoms. The number of para-hydroxylation sites is 2. The average molecular weight is 458 g/mol. The van der Waals surface area contributed by atoms with E-state index < -0.39 is 17.4 Å². The fraction of sp³-hybridized carbons (Fsp3) is 0.0667. The van der Waals surface area contributed by atoms with Gasteiger partial charge in [-0.25, -0.2) is 0 Å². The molecule has 5 nitrogen and oxygen atoms in total. The summed E-state index contributed by atoms with van der Waals surface area (Å²) in [5, 5.41) is 7.14. The average Bonchev–Trinajstić information content (AvgIpc) is 3.04. The molecule has 0 spiro atoms. The maximum atomic E-state index is 13.9. The van der Waals surface area contributed by atoms with Crippen LogP contribution in [0.4, 0.5) is 11.4 Å². The fourth-order valence-corrected chi connectivity index (χ4v) is 5.03. The van der Waals surface area contributed by atoms with Crippen LogP contribution in [-0.2, 0) is 21.8 Å². The van der Waals surface area contributed by atoms with Gasteiger partial charge in [0.15, 0.2) is 5.66 Å². The fourth-order valence-electron chi connectivity index (χ4n) is 5.03. The van der Waals surface area contributed by atoms with Gasteiger partial charge in [-0.3, -0.25) is 9.59 Å². The molecule has 2 heterocycles. The zero-order chi connectivity index (χ0) is 23.8. The molecule has 0 aromatic heterocycles. The number of likely N-dealkylation sites (tertiary alicyclic amines) is 1. The number of hydrogen-bond acceptors (Lipinski definition) is 4. The van der Waals surface area contributed by atoms with Gasteiger partial charge in [-0.05, 0) is 23.3 Å². The molecule has 1 atom stereocenters. The largest absolute Gasteiger partial charge is 0.353 e. The third kappa shape index (κ3) is 3.32. The molecule has 2 N–H and O–H groups in total. The summed E-state index contributed by atoms with van der Waals surface area (Å²) in [5.41, 5.74) is 4.06. The van der Waals surface area contributed by atoms with Crippen molar-refractivity contribution >= 4 is 28.8 Å². The highest BCUT2D eigenvalue weighted by atomic mass is 16.2. The van der Waals surface area contributed by atoms with E-state index in [1.54, 1.807) is 4.90 Å². The Kier molecular flexibility index (Phi) is 4.96. The molecular weight excluding hydrogens is 434 g/mol. The first kappa shape index (κ1) is 20.9. The van der Waals surface area contributed by atoms with Crippen molar-refractivity contribution in [3.8, 4) is 0 Å². The standard InChI is InChI=1S/C30H23N3O2/c34-28-26-27(22-14-6-2-7-15-22)31-24-18-10-11-19-25(24)32-30(26,23-16-8-3-9-17-23)33(29(28)35)20-21-12-4-1-5-13-21/h1-19,31-32H,20H2/t30-/m0/s1. The van der Waals surface area contributed by atoms with Crippen LogP contribution in [0.1, 0.15) is 16.7 Å². The van der Waals surface area contributed by atoms with Crippen molar-refractivity contribution in [1.82, 2.24) is 4.90 Å². The van der Waals surface area contributed by atoms with Crippen molar-refractivity contribution < 1.29 is 9.59 Å². The first-order valence-electron chi connectivity index (χ1n) is 11.6. The van der Waals surface area contributed by atoms with Crippen LogP contribution < -0.4 is 10.6 Å². The molecule has 1 amide bonds. The van der Waals surface area contributed by atoms with Crippen LogP contribution in [0.2, 0.25) is 0 Å². The number of rotatable bonds is 4. The molecule has 1 saturated heterocycles. The van der Waals surface area contributed by atoms with E-state index in [1.165, 1.54) is 0 Å². The molecule has 2 aliphatic rings. The molecule has 5 heteroatoms. The van der Waals surface area contributed by atoms with E-state index in [9.17, 15) is 9.59 Å². The molecule has 6 rings (SSSR count). The number of anilines is 2. The van der Waals surface area contributed by atoms with Crippen molar-refractivity contribution in [2.45, 2.75) is 12.2 Å². The highest BCUT2D eigenvalue weighted by Gasteiger charge is 2.58. The lowest BCUT2D eigenvalue weighted by atomic mass is 9.87. The minimum atomic E-state index is -1.20. The van der Waals surface area contributed by atoms with Gasteiger partial charge in [-0.2, -0.15) is 0 Å². The Balaban J connectivity index is 1.69. The summed E-state index contributed by atoms with van der Waals surface area (Å²) in [6.07, 6.45) is 0. The molecular formula is C30H23N3O2. The third-order valence-electron chi connectivity index (χ3n) is 6.62. The van der Waals surface area contributed by atoms with Gasteiger partial charge in [0.1, 0.15) is 0 Å². The minimum absolute atomic E-state index is 0.279. The number of hydrogen-bond donors (Lipinski definition) is 2. The van der Waals surface area contributed by atoms with E-state index in [1.807, 2.05) is 115 Å². The van der Waals surface area contributed by atoms with Crippen molar-refractivity contribution in [3.63, 3.8) is 0 Å². The van der Waals surface area contributed by atoms with Crippen LogP contribution in [0.3, 0.4) is 0 Å². The van der Waals surface area contributed by atoms with E-state index in [-0.39, 0.29) is 6.54 Å². The Morgan fingerprint density at radius 3 is 1.91 bits per heavy atom. The van der Waals surface area contributed by atoms with E-state index in [2.05, 4.69) is 10.6 Å². The van der Waals surface area contributed by atoms with Crippen LogP contribution in [0.5, 0.6) is 0 Å². The van der Waals surface area contributed by atoms with Gasteiger partial charge in [-0.15, -0.1) is 0 Å². The molecule has 0 bridgehead atoms. The zero-order valence-corrected chi connectivity index (χ0v) is 18.9. The zero-order valence-electron chi connectivity index (χ0n) is 18.9. The summed E-state index contributed by atoms with van der Waals surface area (Å²) >= 11 is 0. The van der Waals surface area contributed by atoms with Gasteiger partial charge in [0, 0.05) is 12.1 Å². The van der Waals surface area contributed by atoms with E-state index >= 15 is 0 Å². The number of fused-ring (bicyclic) bond motifs is 2. The molecule has 2 aliphatic heterocycles. The molecule has 0 aliphatic carbocycles. The SMILES string of the molecule is O=C1C(=O)N(Cc2ccccc2)[C@]2(c3ccccc3)Nc3ccccc3NC(c3ccccc3)=C12. The van der Waals surface area contributed by atoms with Gasteiger partial charge in [0.05, 0.1) is 22.6 Å². The summed E-state index contributed by atoms with van der Waals surface area (Å²) in [5.74, 6) is -1.05. The highest BCUT2D eigenvalue weighted by molar-refractivity contribution is 6.48. The van der Waals surface area contributed by atoms with Crippen molar-refractivity contribution in [1.29, 1.82) is 0 Å². The predicted molar refractivity (Wildman–Crippen MR) is 137 cm³/mol. The van der Waals surface area contributed by atoms with E-state index in [4.69, 9.17) is 0 Å². The van der Waals surface area contributed by atoms with Crippen molar-refractivity contribution in [3.05, 3.63) is 138 Å². The quantitative estimate of drug-likeness (QED) is 0.403. The number of carbonyl (C=O) groups excluding carboxylic acids is 2. The van der Waals surface area contributed by atoms with Crippen LogP contribution in [0.15, 0.2) is 121 Å². The lowest BCUT2D eigenvalue weighted by molar-refractivity contribution is -0.141. The molecule has 4 aromatic carbocycles. The maximum absolute atomic E-state index is 13.9. The number of nitrogens with one attached hydrogen (secondary N) is 2. The van der Waals surface area contributed by atoms with Gasteiger partial charge >= 0.3 is 0 Å². The second kappa shape index (κ2) is 8.29. The first-order chi connectivity index (χ1) is 17.2. The Morgan fingerprint density at radius 2 is 1.23 bits per heavy atom. The lowest BCUT2D eigenvalue weighted by Crippen LogP contribution is -2.49. The smallest absolute Gasteiger partial charge is 0.297 e. The molecule has 0 unspecified atom stereocenters. The van der Waals surface area contributed by atoms with Crippen LogP contribution >= 0.6 is 0 Å². The molecule has 0 radical (unpaired) electrons. The number of carbonyl (C=O) groups is 2. The second-order valence-corrected chi connectivity index (χ2v) is 8.69. The molecule has 1 fully saturated rings. The summed E-state index contributed by atoms with van der Waals surface area (Å²) in [6.45, 7) is 0.279.